The van der Waals surface area contributed by atoms with Crippen molar-refractivity contribution in [2.75, 3.05) is 12.9 Å². The zero-order chi connectivity index (χ0) is 13.8. The standard InChI is InChI=1S/C12H16O5S/c1-3-18(15,16)11-8-9(5-7-12(13)14)4-6-10(11)17-2/h4,6,8H,3,5,7H2,1-2H3,(H,13,14). The normalized spacial score (nSPS) is 11.2. The third-order valence-corrected chi connectivity index (χ3v) is 4.32. The molecule has 0 amide bonds. The van der Waals surface area contributed by atoms with Crippen molar-refractivity contribution in [3.8, 4) is 5.75 Å². The minimum atomic E-state index is -3.37. The quantitative estimate of drug-likeness (QED) is 0.849. The maximum Gasteiger partial charge on any atom is 0.303 e. The van der Waals surface area contributed by atoms with Crippen molar-refractivity contribution in [2.45, 2.75) is 24.7 Å². The van der Waals surface area contributed by atoms with Crippen molar-refractivity contribution in [1.82, 2.24) is 0 Å². The van der Waals surface area contributed by atoms with Gasteiger partial charge in [0.05, 0.1) is 12.9 Å². The Hall–Kier alpha value is -1.56. The van der Waals surface area contributed by atoms with E-state index < -0.39 is 15.8 Å². The van der Waals surface area contributed by atoms with E-state index in [1.807, 2.05) is 0 Å². The van der Waals surface area contributed by atoms with Gasteiger partial charge in [-0.25, -0.2) is 8.42 Å². The van der Waals surface area contributed by atoms with Crippen LogP contribution in [-0.4, -0.2) is 32.4 Å². The SMILES string of the molecule is CCS(=O)(=O)c1cc(CCC(=O)O)ccc1OC. The summed E-state index contributed by atoms with van der Waals surface area (Å²) in [7, 11) is -1.97. The second kappa shape index (κ2) is 5.86. The molecule has 0 radical (unpaired) electrons. The van der Waals surface area contributed by atoms with Crippen LogP contribution in [0.25, 0.3) is 0 Å². The number of sulfone groups is 1. The number of benzene rings is 1. The van der Waals surface area contributed by atoms with Crippen molar-refractivity contribution in [1.29, 1.82) is 0 Å². The van der Waals surface area contributed by atoms with Crippen LogP contribution in [0.5, 0.6) is 5.75 Å². The molecule has 0 heterocycles. The van der Waals surface area contributed by atoms with E-state index in [1.54, 1.807) is 19.1 Å². The fourth-order valence-electron chi connectivity index (χ4n) is 1.53. The number of carboxylic acids is 1. The maximum absolute atomic E-state index is 11.9. The van der Waals surface area contributed by atoms with Crippen molar-refractivity contribution in [3.63, 3.8) is 0 Å². The minimum Gasteiger partial charge on any atom is -0.495 e. The lowest BCUT2D eigenvalue weighted by Gasteiger charge is -2.10. The van der Waals surface area contributed by atoms with Crippen molar-refractivity contribution in [2.24, 2.45) is 0 Å². The predicted molar refractivity (Wildman–Crippen MR) is 66.7 cm³/mol. The Balaban J connectivity index is 3.14. The second-order valence-electron chi connectivity index (χ2n) is 3.78. The minimum absolute atomic E-state index is 0.0221. The molecule has 6 heteroatoms. The second-order valence-corrected chi connectivity index (χ2v) is 6.03. The van der Waals surface area contributed by atoms with Gasteiger partial charge in [0.25, 0.3) is 0 Å². The smallest absolute Gasteiger partial charge is 0.303 e. The molecule has 0 aliphatic carbocycles. The number of carbonyl (C=O) groups is 1. The summed E-state index contributed by atoms with van der Waals surface area (Å²) < 4.78 is 28.8. The first kappa shape index (κ1) is 14.5. The number of hydrogen-bond donors (Lipinski definition) is 1. The van der Waals surface area contributed by atoms with Gasteiger partial charge in [0.1, 0.15) is 10.6 Å². The van der Waals surface area contributed by atoms with E-state index in [-0.39, 0.29) is 22.8 Å². The Morgan fingerprint density at radius 2 is 2.06 bits per heavy atom. The molecular formula is C12H16O5S. The van der Waals surface area contributed by atoms with Crippen LogP contribution < -0.4 is 4.74 Å². The van der Waals surface area contributed by atoms with E-state index in [9.17, 15) is 13.2 Å². The summed E-state index contributed by atoms with van der Waals surface area (Å²) in [5, 5.41) is 8.61. The van der Waals surface area contributed by atoms with Crippen LogP contribution in [0.4, 0.5) is 0 Å². The van der Waals surface area contributed by atoms with E-state index in [0.717, 1.165) is 0 Å². The highest BCUT2D eigenvalue weighted by molar-refractivity contribution is 7.91. The van der Waals surface area contributed by atoms with E-state index in [1.165, 1.54) is 13.2 Å². The molecule has 0 atom stereocenters. The summed E-state index contributed by atoms with van der Waals surface area (Å²) in [6.45, 7) is 1.55. The monoisotopic (exact) mass is 272 g/mol. The van der Waals surface area contributed by atoms with Gasteiger partial charge in [-0.05, 0) is 24.1 Å². The number of methoxy groups -OCH3 is 1. The average Bonchev–Trinajstić information content (AvgIpc) is 2.36. The van der Waals surface area contributed by atoms with Crippen molar-refractivity contribution >= 4 is 15.8 Å². The molecule has 0 unspecified atom stereocenters. The van der Waals surface area contributed by atoms with Crippen LogP contribution in [0, 0.1) is 0 Å². The Kier molecular flexibility index (Phi) is 4.72. The van der Waals surface area contributed by atoms with E-state index in [4.69, 9.17) is 9.84 Å². The Bertz CT molecular complexity index is 533. The van der Waals surface area contributed by atoms with E-state index in [0.29, 0.717) is 12.0 Å². The van der Waals surface area contributed by atoms with Gasteiger partial charge in [-0.2, -0.15) is 0 Å². The zero-order valence-corrected chi connectivity index (χ0v) is 11.2. The Morgan fingerprint density at radius 3 is 2.56 bits per heavy atom. The Labute approximate surface area is 106 Å². The summed E-state index contributed by atoms with van der Waals surface area (Å²) in [5.41, 5.74) is 0.672. The number of aryl methyl sites for hydroxylation is 1. The van der Waals surface area contributed by atoms with Crippen LogP contribution in [-0.2, 0) is 21.1 Å². The average molecular weight is 272 g/mol. The lowest BCUT2D eigenvalue weighted by atomic mass is 10.1. The van der Waals surface area contributed by atoms with E-state index in [2.05, 4.69) is 0 Å². The molecule has 0 bridgehead atoms. The maximum atomic E-state index is 11.9. The molecule has 0 saturated carbocycles. The van der Waals surface area contributed by atoms with Gasteiger partial charge < -0.3 is 9.84 Å². The summed E-state index contributed by atoms with van der Waals surface area (Å²) in [4.78, 5) is 10.6. The molecule has 1 aromatic rings. The largest absolute Gasteiger partial charge is 0.495 e. The molecule has 0 fully saturated rings. The first-order valence-electron chi connectivity index (χ1n) is 5.52. The fourth-order valence-corrected chi connectivity index (χ4v) is 2.63. The van der Waals surface area contributed by atoms with Gasteiger partial charge in [-0.3, -0.25) is 4.79 Å². The zero-order valence-electron chi connectivity index (χ0n) is 10.3. The van der Waals surface area contributed by atoms with Gasteiger partial charge in [-0.15, -0.1) is 0 Å². The molecule has 0 aromatic heterocycles. The first-order chi connectivity index (χ1) is 8.40. The van der Waals surface area contributed by atoms with Crippen molar-refractivity contribution < 1.29 is 23.1 Å². The third kappa shape index (κ3) is 3.46. The van der Waals surface area contributed by atoms with Crippen LogP contribution in [0.2, 0.25) is 0 Å². The molecular weight excluding hydrogens is 256 g/mol. The van der Waals surface area contributed by atoms with Crippen LogP contribution in [0.1, 0.15) is 18.9 Å². The molecule has 0 saturated heterocycles. The third-order valence-electron chi connectivity index (χ3n) is 2.57. The summed E-state index contributed by atoms with van der Waals surface area (Å²) in [6, 6.07) is 4.72. The highest BCUT2D eigenvalue weighted by Crippen LogP contribution is 2.26. The molecule has 100 valence electrons. The fraction of sp³-hybridized carbons (Fsp3) is 0.417. The molecule has 0 spiro atoms. The summed E-state index contributed by atoms with van der Waals surface area (Å²) in [5.74, 6) is -0.646. The lowest BCUT2D eigenvalue weighted by Crippen LogP contribution is -2.07. The Morgan fingerprint density at radius 1 is 1.39 bits per heavy atom. The highest BCUT2D eigenvalue weighted by Gasteiger charge is 2.18. The number of aliphatic carboxylic acids is 1. The van der Waals surface area contributed by atoms with Crippen molar-refractivity contribution in [3.05, 3.63) is 23.8 Å². The first-order valence-corrected chi connectivity index (χ1v) is 7.17. The van der Waals surface area contributed by atoms with E-state index >= 15 is 0 Å². The van der Waals surface area contributed by atoms with Crippen LogP contribution in [0.15, 0.2) is 23.1 Å². The van der Waals surface area contributed by atoms with Crippen LogP contribution in [0.3, 0.4) is 0 Å². The predicted octanol–water partition coefficient (Wildman–Crippen LogP) is 1.51. The van der Waals surface area contributed by atoms with Gasteiger partial charge in [0.15, 0.2) is 9.84 Å². The number of carboxylic acid groups (broad SMARTS) is 1. The molecule has 0 aliphatic rings. The van der Waals surface area contributed by atoms with Crippen LogP contribution >= 0.6 is 0 Å². The summed E-state index contributed by atoms with van der Waals surface area (Å²) in [6.07, 6.45) is 0.267. The number of ether oxygens (including phenoxy) is 1. The molecule has 1 aromatic carbocycles. The van der Waals surface area contributed by atoms with Gasteiger partial charge in [0, 0.05) is 6.42 Å². The highest BCUT2D eigenvalue weighted by atomic mass is 32.2. The topological polar surface area (TPSA) is 80.7 Å². The lowest BCUT2D eigenvalue weighted by molar-refractivity contribution is -0.136. The molecule has 1 N–H and O–H groups in total. The molecule has 5 nitrogen and oxygen atoms in total. The molecule has 18 heavy (non-hydrogen) atoms. The number of hydrogen-bond acceptors (Lipinski definition) is 4. The van der Waals surface area contributed by atoms with Gasteiger partial charge >= 0.3 is 5.97 Å². The van der Waals surface area contributed by atoms with Gasteiger partial charge in [0.2, 0.25) is 0 Å². The summed E-state index contributed by atoms with van der Waals surface area (Å²) >= 11 is 0. The molecule has 0 aliphatic heterocycles. The van der Waals surface area contributed by atoms with Gasteiger partial charge in [-0.1, -0.05) is 13.0 Å². The molecule has 1 rings (SSSR count). The number of rotatable bonds is 6.